The van der Waals surface area contributed by atoms with Crippen molar-refractivity contribution in [3.05, 3.63) is 182 Å². The smallest absolute Gasteiger partial charge is 0.657 e. The molecular weight excluding hydrogens is 1170 g/mol. The molecule has 470 valence electrons. The Hall–Kier alpha value is -7.48. The maximum atomic E-state index is 12.5. The molecule has 2 aliphatic heterocycles. The average molecular weight is 1270 g/mol. The standard InChI is InChI=1S/C82H98N4O4.Zn/c1-75(2,3)52-34-48(35-53(43-52)76(4,5)6)68-61-28-29-62(83-61)69(49-36-54(77(7,8)9)44-55(37-49)78(10,11)12)64-32-33-66(85-64)71(51-40-58(81(19,20)21)46-59(41-51)82(22,23)24)72-47(26-25-27-60(73(87)88)74(89)90)42-67(86-72)70(65-31-30-63(68)84-65)50-38-56(79(13,14)15)45-57(39-50)80(16,17)18;/h25-46H,1-24H3,(H4,83,84,85,86,87,88,89,90);/q;+2/p-2/b26-25+,68-61?,68-63?,69-62?,69-64?,70-65?,70-67?,71-66?,72-71?;. The molecule has 0 saturated heterocycles. The molecule has 5 heterocycles. The largest absolute Gasteiger partial charge is 2.00 e. The van der Waals surface area contributed by atoms with Gasteiger partial charge in [-0.15, -0.1) is 22.1 Å². The molecule has 0 atom stereocenters. The summed E-state index contributed by atoms with van der Waals surface area (Å²) in [6.07, 6.45) is 12.9. The van der Waals surface area contributed by atoms with Crippen LogP contribution in [0.5, 0.6) is 0 Å². The Kier molecular flexibility index (Phi) is 18.5. The molecule has 3 aromatic heterocycles. The fraction of sp³-hybridized carbons (Fsp3) is 0.390. The minimum Gasteiger partial charge on any atom is -0.657 e. The van der Waals surface area contributed by atoms with E-state index in [1.165, 1.54) is 28.3 Å². The van der Waals surface area contributed by atoms with Crippen molar-refractivity contribution in [3.63, 3.8) is 0 Å². The zero-order valence-corrected chi connectivity index (χ0v) is 61.9. The van der Waals surface area contributed by atoms with E-state index >= 15 is 0 Å². The number of aromatic nitrogens is 4. The van der Waals surface area contributed by atoms with Gasteiger partial charge in [0.15, 0.2) is 0 Å². The van der Waals surface area contributed by atoms with Gasteiger partial charge >= 0.3 is 31.4 Å². The maximum Gasteiger partial charge on any atom is 2.00 e. The van der Waals surface area contributed by atoms with Crippen LogP contribution in [0.3, 0.4) is 0 Å². The molecule has 0 unspecified atom stereocenters. The van der Waals surface area contributed by atoms with Crippen LogP contribution in [0.15, 0.2) is 109 Å². The second kappa shape index (κ2) is 24.2. The molecule has 7 aromatic rings. The summed E-state index contributed by atoms with van der Waals surface area (Å²) in [5.41, 5.74) is 20.2. The second-order valence-corrected chi connectivity index (χ2v) is 33.3. The topological polar surface area (TPSA) is 129 Å². The van der Waals surface area contributed by atoms with Crippen LogP contribution in [0.2, 0.25) is 0 Å². The van der Waals surface area contributed by atoms with Crippen LogP contribution in [-0.2, 0) is 72.4 Å². The third kappa shape index (κ3) is 14.9. The van der Waals surface area contributed by atoms with Crippen LogP contribution in [0, 0.1) is 0 Å². The van der Waals surface area contributed by atoms with Gasteiger partial charge in [-0.3, -0.25) is 0 Å². The third-order valence-corrected chi connectivity index (χ3v) is 17.6. The van der Waals surface area contributed by atoms with E-state index in [0.29, 0.717) is 28.0 Å². The predicted molar refractivity (Wildman–Crippen MR) is 381 cm³/mol. The van der Waals surface area contributed by atoms with Crippen molar-refractivity contribution in [3.8, 4) is 44.5 Å². The molecule has 0 aliphatic carbocycles. The van der Waals surface area contributed by atoms with Gasteiger partial charge in [0.05, 0.1) is 22.8 Å². The molecule has 8 bridgehead atoms. The zero-order valence-electron chi connectivity index (χ0n) is 58.9. The number of hydrogen-bond acceptors (Lipinski definition) is 4. The van der Waals surface area contributed by atoms with Crippen molar-refractivity contribution < 1.29 is 39.3 Å². The summed E-state index contributed by atoms with van der Waals surface area (Å²) in [5, 5.41) is 20.3. The number of rotatable bonds is 8. The Labute approximate surface area is 555 Å². The second-order valence-electron chi connectivity index (χ2n) is 33.3. The minimum absolute atomic E-state index is 0. The molecule has 8 nitrogen and oxygen atoms in total. The van der Waals surface area contributed by atoms with Gasteiger partial charge in [0.25, 0.3) is 0 Å². The summed E-state index contributed by atoms with van der Waals surface area (Å²) in [7, 11) is 0. The molecule has 0 fully saturated rings. The molecule has 2 N–H and O–H groups in total. The Morgan fingerprint density at radius 1 is 0.352 bits per heavy atom. The van der Waals surface area contributed by atoms with Crippen LogP contribution in [0.25, 0.3) is 97.0 Å². The van der Waals surface area contributed by atoms with E-state index in [0.717, 1.165) is 95.3 Å². The first kappa shape index (κ1) is 69.4. The SMILES string of the molecule is CC(C)(C)c1cc(-c2c3nc(c(-c4cc(C(C)(C)C)cc(C(C)(C)C)c4)c4cc(/C=C/C=C(C(=O)O)C(=O)O)c([n-]4)c(-c4cc(C(C)(C)C)cc(C(C)(C)C)c4)c4nc(c(-c5cc(C(C)(C)C)cc(C(C)(C)C)c5)c5ccc2[n-]5)C=C4)C=C3)cc(C(C)(C)C)c1.[Zn+2]. The van der Waals surface area contributed by atoms with Gasteiger partial charge < -0.3 is 20.2 Å². The summed E-state index contributed by atoms with van der Waals surface area (Å²) in [6, 6.07) is 34.1. The average Bonchev–Trinajstić information content (AvgIpc) is 1.67. The van der Waals surface area contributed by atoms with Crippen LogP contribution in [-0.4, -0.2) is 32.1 Å². The molecule has 4 aromatic carbocycles. The van der Waals surface area contributed by atoms with Gasteiger partial charge in [-0.25, -0.2) is 19.6 Å². The number of fused-ring (bicyclic) bond motifs is 8. The van der Waals surface area contributed by atoms with Gasteiger partial charge in [0.2, 0.25) is 0 Å². The molecule has 0 saturated carbocycles. The van der Waals surface area contributed by atoms with E-state index in [1.54, 1.807) is 6.08 Å². The van der Waals surface area contributed by atoms with Crippen molar-refractivity contribution in [1.82, 2.24) is 19.9 Å². The van der Waals surface area contributed by atoms with E-state index in [4.69, 9.17) is 19.9 Å². The number of benzene rings is 4. The van der Waals surface area contributed by atoms with Crippen molar-refractivity contribution in [1.29, 1.82) is 0 Å². The Balaban J connectivity index is 0.0000107. The van der Waals surface area contributed by atoms with Crippen LogP contribution in [0.1, 0.15) is 239 Å². The molecule has 0 amide bonds. The van der Waals surface area contributed by atoms with Crippen molar-refractivity contribution in [2.45, 2.75) is 209 Å². The first-order valence-electron chi connectivity index (χ1n) is 31.9. The van der Waals surface area contributed by atoms with E-state index in [9.17, 15) is 19.8 Å². The summed E-state index contributed by atoms with van der Waals surface area (Å²) >= 11 is 0. The fourth-order valence-corrected chi connectivity index (χ4v) is 11.5. The monoisotopic (exact) mass is 1260 g/mol. The van der Waals surface area contributed by atoms with Gasteiger partial charge in [0, 0.05) is 0 Å². The number of hydrogen-bond donors (Lipinski definition) is 2. The Morgan fingerprint density at radius 3 is 0.868 bits per heavy atom. The summed E-state index contributed by atoms with van der Waals surface area (Å²) < 4.78 is 0. The van der Waals surface area contributed by atoms with E-state index in [2.05, 4.69) is 275 Å². The van der Waals surface area contributed by atoms with Crippen LogP contribution in [0.4, 0.5) is 0 Å². The molecular formula is C82H96N4O4Zn. The third-order valence-electron chi connectivity index (χ3n) is 17.6. The number of carboxylic acids is 2. The number of carbonyl (C=O) groups is 2. The fourth-order valence-electron chi connectivity index (χ4n) is 11.5. The minimum atomic E-state index is -1.54. The van der Waals surface area contributed by atoms with E-state index in [1.807, 2.05) is 6.07 Å². The predicted octanol–water partition coefficient (Wildman–Crippen LogP) is 21.1. The van der Waals surface area contributed by atoms with Crippen molar-refractivity contribution >= 4 is 64.4 Å². The molecule has 9 rings (SSSR count). The molecule has 0 radical (unpaired) electrons. The number of carboxylic acid groups (broad SMARTS) is 2. The Bertz CT molecular complexity index is 4220. The van der Waals surface area contributed by atoms with E-state index in [-0.39, 0.29) is 62.8 Å². The number of nitrogens with zero attached hydrogens (tertiary/aromatic N) is 4. The van der Waals surface area contributed by atoms with E-state index < -0.39 is 17.5 Å². The number of allylic oxidation sites excluding steroid dienone is 2. The normalized spacial score (nSPS) is 13.5. The molecule has 9 heteroatoms. The summed E-state index contributed by atoms with van der Waals surface area (Å²) in [6.45, 7) is 54.0. The summed E-state index contributed by atoms with van der Waals surface area (Å²) in [5.74, 6) is -3.08. The summed E-state index contributed by atoms with van der Waals surface area (Å²) in [4.78, 5) is 48.3. The van der Waals surface area contributed by atoms with Gasteiger partial charge in [0.1, 0.15) is 5.57 Å². The first-order chi connectivity index (χ1) is 41.3. The van der Waals surface area contributed by atoms with Crippen LogP contribution >= 0.6 is 0 Å². The molecule has 0 spiro atoms. The van der Waals surface area contributed by atoms with Gasteiger partial charge in [-0.2, -0.15) is 0 Å². The number of aliphatic carboxylic acids is 2. The molecule has 91 heavy (non-hydrogen) atoms. The van der Waals surface area contributed by atoms with Gasteiger partial charge in [-0.05, 0) is 168 Å². The van der Waals surface area contributed by atoms with Crippen molar-refractivity contribution in [2.75, 3.05) is 0 Å². The Morgan fingerprint density at radius 2 is 0.604 bits per heavy atom. The molecule has 2 aliphatic rings. The van der Waals surface area contributed by atoms with Crippen LogP contribution < -0.4 is 9.97 Å². The maximum absolute atomic E-state index is 12.5. The van der Waals surface area contributed by atoms with Gasteiger partial charge in [-0.1, -0.05) is 269 Å². The quantitative estimate of drug-likeness (QED) is 0.0506. The zero-order chi connectivity index (χ0) is 66.6. The first-order valence-corrected chi connectivity index (χ1v) is 31.9. The van der Waals surface area contributed by atoms with Crippen molar-refractivity contribution in [2.24, 2.45) is 0 Å².